The number of nitrogens with one attached hydrogen (secondary N) is 2. The molecular weight excluding hydrogens is 351 g/mol. The molecule has 2 rings (SSSR count). The Bertz CT molecular complexity index is 700. The maximum Gasteiger partial charge on any atom is 0.321 e. The molecule has 7 nitrogen and oxygen atoms in total. The van der Waals surface area contributed by atoms with E-state index in [0.717, 1.165) is 0 Å². The lowest BCUT2D eigenvalue weighted by Gasteiger charge is -2.34. The van der Waals surface area contributed by atoms with Gasteiger partial charge < -0.3 is 10.2 Å². The Hall–Kier alpha value is -2.48. The van der Waals surface area contributed by atoms with E-state index in [0.29, 0.717) is 49.8 Å². The van der Waals surface area contributed by atoms with Crippen molar-refractivity contribution in [2.75, 3.05) is 39.3 Å². The van der Waals surface area contributed by atoms with Crippen molar-refractivity contribution in [1.82, 2.24) is 20.4 Å². The molecule has 4 amide bonds. The van der Waals surface area contributed by atoms with Gasteiger partial charge in [-0.1, -0.05) is 19.9 Å². The molecule has 1 aliphatic heterocycles. The van der Waals surface area contributed by atoms with Crippen molar-refractivity contribution in [3.8, 4) is 0 Å². The van der Waals surface area contributed by atoms with Crippen molar-refractivity contribution in [2.45, 2.75) is 20.8 Å². The molecule has 148 valence electrons. The molecule has 2 N–H and O–H groups in total. The standard InChI is InChI=1S/C19H27FN4O3/c1-13(2)11-21-19(27)22-17(25)12-23-6-8-24(9-7-23)18(26)15-5-4-14(3)16(20)10-15/h4-5,10,13H,6-9,11-12H2,1-3H3,(H2,21,22,25,27). The minimum atomic E-state index is -0.496. The maximum absolute atomic E-state index is 13.7. The SMILES string of the molecule is Cc1ccc(C(=O)N2CCN(CC(=O)NC(=O)NCC(C)C)CC2)cc1F. The summed E-state index contributed by atoms with van der Waals surface area (Å²) in [6.07, 6.45) is 0. The molecule has 0 bridgehead atoms. The van der Waals surface area contributed by atoms with E-state index in [1.165, 1.54) is 6.07 Å². The van der Waals surface area contributed by atoms with Crippen molar-refractivity contribution in [3.63, 3.8) is 0 Å². The highest BCUT2D eigenvalue weighted by Crippen LogP contribution is 2.13. The topological polar surface area (TPSA) is 81.8 Å². The first kappa shape index (κ1) is 20.8. The van der Waals surface area contributed by atoms with Crippen LogP contribution in [0.5, 0.6) is 0 Å². The first-order valence-corrected chi connectivity index (χ1v) is 9.11. The van der Waals surface area contributed by atoms with Crippen LogP contribution in [0.25, 0.3) is 0 Å². The molecule has 1 aliphatic rings. The molecular formula is C19H27FN4O3. The van der Waals surface area contributed by atoms with E-state index in [1.807, 2.05) is 18.7 Å². The van der Waals surface area contributed by atoms with Crippen LogP contribution in [-0.4, -0.2) is 66.9 Å². The van der Waals surface area contributed by atoms with Crippen molar-refractivity contribution in [2.24, 2.45) is 5.92 Å². The zero-order valence-electron chi connectivity index (χ0n) is 16.0. The van der Waals surface area contributed by atoms with E-state index in [-0.39, 0.29) is 18.4 Å². The fraction of sp³-hybridized carbons (Fsp3) is 0.526. The molecule has 1 saturated heterocycles. The molecule has 1 aromatic carbocycles. The fourth-order valence-electron chi connectivity index (χ4n) is 2.73. The van der Waals surface area contributed by atoms with Crippen LogP contribution in [0.2, 0.25) is 0 Å². The van der Waals surface area contributed by atoms with Gasteiger partial charge in [-0.05, 0) is 30.5 Å². The van der Waals surface area contributed by atoms with Gasteiger partial charge in [0.05, 0.1) is 6.54 Å². The van der Waals surface area contributed by atoms with Crippen molar-refractivity contribution >= 4 is 17.8 Å². The van der Waals surface area contributed by atoms with Gasteiger partial charge in [-0.25, -0.2) is 9.18 Å². The van der Waals surface area contributed by atoms with Gasteiger partial charge in [0.2, 0.25) is 5.91 Å². The number of piperazine rings is 1. The Balaban J connectivity index is 1.77. The van der Waals surface area contributed by atoms with Crippen LogP contribution in [0, 0.1) is 18.7 Å². The van der Waals surface area contributed by atoms with Crippen LogP contribution in [0.1, 0.15) is 29.8 Å². The Labute approximate surface area is 158 Å². The van der Waals surface area contributed by atoms with E-state index in [9.17, 15) is 18.8 Å². The van der Waals surface area contributed by atoms with Gasteiger partial charge >= 0.3 is 6.03 Å². The number of halogens is 1. The molecule has 1 aromatic rings. The lowest BCUT2D eigenvalue weighted by atomic mass is 10.1. The summed E-state index contributed by atoms with van der Waals surface area (Å²) in [5.74, 6) is -0.687. The zero-order chi connectivity index (χ0) is 20.0. The first-order chi connectivity index (χ1) is 12.8. The van der Waals surface area contributed by atoms with E-state index >= 15 is 0 Å². The lowest BCUT2D eigenvalue weighted by molar-refractivity contribution is -0.121. The number of benzene rings is 1. The lowest BCUT2D eigenvalue weighted by Crippen LogP contribution is -2.52. The highest BCUT2D eigenvalue weighted by Gasteiger charge is 2.24. The number of aryl methyl sites for hydroxylation is 1. The van der Waals surface area contributed by atoms with E-state index in [2.05, 4.69) is 10.6 Å². The summed E-state index contributed by atoms with van der Waals surface area (Å²) in [4.78, 5) is 39.5. The average Bonchev–Trinajstić information content (AvgIpc) is 2.62. The third kappa shape index (κ3) is 6.32. The molecule has 0 saturated carbocycles. The molecule has 1 heterocycles. The van der Waals surface area contributed by atoms with Crippen molar-refractivity contribution in [3.05, 3.63) is 35.1 Å². The van der Waals surface area contributed by atoms with Crippen LogP contribution >= 0.6 is 0 Å². The number of carbonyl (C=O) groups is 3. The maximum atomic E-state index is 13.7. The van der Waals surface area contributed by atoms with Gasteiger partial charge in [0.25, 0.3) is 5.91 Å². The normalized spacial score (nSPS) is 14.9. The Morgan fingerprint density at radius 1 is 1.15 bits per heavy atom. The summed E-state index contributed by atoms with van der Waals surface area (Å²) in [6.45, 7) is 8.10. The molecule has 0 atom stereocenters. The van der Waals surface area contributed by atoms with Gasteiger partial charge in [-0.2, -0.15) is 0 Å². The second kappa shape index (κ2) is 9.45. The van der Waals surface area contributed by atoms with Crippen LogP contribution < -0.4 is 10.6 Å². The number of rotatable bonds is 5. The minimum absolute atomic E-state index is 0.0935. The average molecular weight is 378 g/mol. The molecule has 27 heavy (non-hydrogen) atoms. The molecule has 0 unspecified atom stereocenters. The Morgan fingerprint density at radius 2 is 1.81 bits per heavy atom. The number of nitrogens with zero attached hydrogens (tertiary/aromatic N) is 2. The van der Waals surface area contributed by atoms with Crippen LogP contribution in [0.4, 0.5) is 9.18 Å². The predicted octanol–water partition coefficient (Wildman–Crippen LogP) is 1.37. The van der Waals surface area contributed by atoms with E-state index in [1.54, 1.807) is 24.0 Å². The van der Waals surface area contributed by atoms with Crippen molar-refractivity contribution in [1.29, 1.82) is 0 Å². The van der Waals surface area contributed by atoms with Gasteiger partial charge in [0.1, 0.15) is 5.82 Å². The Kier molecular flexibility index (Phi) is 7.29. The van der Waals surface area contributed by atoms with E-state index < -0.39 is 11.8 Å². The first-order valence-electron chi connectivity index (χ1n) is 9.11. The fourth-order valence-corrected chi connectivity index (χ4v) is 2.73. The predicted molar refractivity (Wildman–Crippen MR) is 99.9 cm³/mol. The van der Waals surface area contributed by atoms with Crippen LogP contribution in [0.15, 0.2) is 18.2 Å². The number of amides is 4. The summed E-state index contributed by atoms with van der Waals surface area (Å²) in [6, 6.07) is 3.97. The molecule has 0 aliphatic carbocycles. The van der Waals surface area contributed by atoms with Gasteiger partial charge in [0.15, 0.2) is 0 Å². The van der Waals surface area contributed by atoms with E-state index in [4.69, 9.17) is 0 Å². The highest BCUT2D eigenvalue weighted by molar-refractivity contribution is 5.95. The number of carbonyl (C=O) groups excluding carboxylic acids is 3. The third-order valence-electron chi connectivity index (χ3n) is 4.37. The third-order valence-corrected chi connectivity index (χ3v) is 4.37. The summed E-state index contributed by atoms with van der Waals surface area (Å²) in [7, 11) is 0. The molecule has 0 aromatic heterocycles. The molecule has 1 fully saturated rings. The van der Waals surface area contributed by atoms with Gasteiger partial charge in [-0.15, -0.1) is 0 Å². The molecule has 8 heteroatoms. The summed E-state index contributed by atoms with van der Waals surface area (Å²) in [5, 5.41) is 4.93. The van der Waals surface area contributed by atoms with Crippen LogP contribution in [-0.2, 0) is 4.79 Å². The summed E-state index contributed by atoms with van der Waals surface area (Å²) >= 11 is 0. The van der Waals surface area contributed by atoms with Gasteiger partial charge in [0, 0.05) is 38.3 Å². The molecule has 0 radical (unpaired) electrons. The number of hydrogen-bond acceptors (Lipinski definition) is 4. The Morgan fingerprint density at radius 3 is 2.41 bits per heavy atom. The minimum Gasteiger partial charge on any atom is -0.338 e. The summed E-state index contributed by atoms with van der Waals surface area (Å²) < 4.78 is 13.7. The smallest absolute Gasteiger partial charge is 0.321 e. The summed E-state index contributed by atoms with van der Waals surface area (Å²) in [5.41, 5.74) is 0.825. The monoisotopic (exact) mass is 378 g/mol. The second-order valence-corrected chi connectivity index (χ2v) is 7.18. The highest BCUT2D eigenvalue weighted by atomic mass is 19.1. The zero-order valence-corrected chi connectivity index (χ0v) is 16.0. The number of urea groups is 1. The van der Waals surface area contributed by atoms with Crippen molar-refractivity contribution < 1.29 is 18.8 Å². The van der Waals surface area contributed by atoms with Gasteiger partial charge in [-0.3, -0.25) is 19.8 Å². The molecule has 0 spiro atoms. The second-order valence-electron chi connectivity index (χ2n) is 7.18. The largest absolute Gasteiger partial charge is 0.338 e. The van der Waals surface area contributed by atoms with Crippen LogP contribution in [0.3, 0.4) is 0 Å². The number of hydrogen-bond donors (Lipinski definition) is 2. The quantitative estimate of drug-likeness (QED) is 0.811. The number of imide groups is 1.